The molecule has 1 spiro atoms. The Labute approximate surface area is 193 Å². The molecule has 3 aliphatic rings. The van der Waals surface area contributed by atoms with Crippen molar-refractivity contribution in [1.29, 1.82) is 0 Å². The summed E-state index contributed by atoms with van der Waals surface area (Å²) in [4.78, 5) is 25.0. The maximum atomic E-state index is 12.9. The Bertz CT molecular complexity index is 816. The lowest BCUT2D eigenvalue weighted by atomic mass is 9.81. The number of rotatable bonds is 7. The summed E-state index contributed by atoms with van der Waals surface area (Å²) in [6.45, 7) is 1.85. The Morgan fingerprint density at radius 2 is 1.97 bits per heavy atom. The molecule has 6 nitrogen and oxygen atoms in total. The first-order valence-corrected chi connectivity index (χ1v) is 12.0. The summed E-state index contributed by atoms with van der Waals surface area (Å²) in [7, 11) is 0. The molecule has 1 heterocycles. The third-order valence-corrected chi connectivity index (χ3v) is 7.61. The SMILES string of the molecule is C[C@@H]1C[C@@]2(COCC(=O)N2)[C@H](COC2CCC(c3ccccc3)CC2)C1C(=O)NCC(F)F. The van der Waals surface area contributed by atoms with Crippen molar-refractivity contribution in [3.05, 3.63) is 35.9 Å². The highest BCUT2D eigenvalue weighted by Gasteiger charge is 2.56. The maximum absolute atomic E-state index is 12.9. The fourth-order valence-corrected chi connectivity index (χ4v) is 6.11. The molecule has 2 N–H and O–H groups in total. The smallest absolute Gasteiger partial charge is 0.255 e. The fourth-order valence-electron chi connectivity index (χ4n) is 6.11. The Kier molecular flexibility index (Phi) is 7.64. The van der Waals surface area contributed by atoms with Gasteiger partial charge in [-0.2, -0.15) is 0 Å². The first kappa shape index (κ1) is 24.1. The highest BCUT2D eigenvalue weighted by Crippen LogP contribution is 2.46. The first-order chi connectivity index (χ1) is 15.9. The lowest BCUT2D eigenvalue weighted by Crippen LogP contribution is -2.61. The monoisotopic (exact) mass is 464 g/mol. The van der Waals surface area contributed by atoms with Crippen LogP contribution in [-0.2, 0) is 19.1 Å². The minimum absolute atomic E-state index is 0.00451. The van der Waals surface area contributed by atoms with E-state index in [0.717, 1.165) is 25.7 Å². The molecule has 33 heavy (non-hydrogen) atoms. The van der Waals surface area contributed by atoms with Crippen LogP contribution in [0.3, 0.4) is 0 Å². The van der Waals surface area contributed by atoms with Crippen molar-refractivity contribution in [2.24, 2.45) is 17.8 Å². The Balaban J connectivity index is 1.41. The number of halogens is 2. The molecule has 1 aromatic rings. The zero-order chi connectivity index (χ0) is 23.4. The normalized spacial score (nSPS) is 34.4. The molecule has 2 amide bonds. The molecule has 3 fully saturated rings. The average Bonchev–Trinajstić information content (AvgIpc) is 3.06. The van der Waals surface area contributed by atoms with Crippen molar-refractivity contribution in [3.63, 3.8) is 0 Å². The van der Waals surface area contributed by atoms with E-state index in [4.69, 9.17) is 9.47 Å². The molecule has 8 heteroatoms. The standard InChI is InChI=1S/C25H34F2N2O4/c1-16-11-25(15-32-14-22(30)29-25)20(23(16)24(31)28-12-21(26)27)13-33-19-9-7-18(8-10-19)17-5-3-2-4-6-17/h2-6,16,18-21,23H,7-15H2,1H3,(H,28,31)(H,29,30)/t16-,18?,19?,20-,23?,25-/m1/s1. The number of carbonyl (C=O) groups is 2. The van der Waals surface area contributed by atoms with E-state index >= 15 is 0 Å². The summed E-state index contributed by atoms with van der Waals surface area (Å²) in [5.41, 5.74) is 0.653. The molecule has 1 aromatic carbocycles. The molecular weight excluding hydrogens is 430 g/mol. The largest absolute Gasteiger partial charge is 0.378 e. The van der Waals surface area contributed by atoms with Gasteiger partial charge in [0.05, 0.1) is 31.4 Å². The molecule has 4 rings (SSSR count). The quantitative estimate of drug-likeness (QED) is 0.650. The van der Waals surface area contributed by atoms with Crippen LogP contribution in [0.2, 0.25) is 0 Å². The lowest BCUT2D eigenvalue weighted by molar-refractivity contribution is -0.141. The molecule has 2 saturated carbocycles. The number of benzene rings is 1. The van der Waals surface area contributed by atoms with Crippen molar-refractivity contribution in [3.8, 4) is 0 Å². The third kappa shape index (κ3) is 5.54. The van der Waals surface area contributed by atoms with Crippen LogP contribution in [-0.4, -0.2) is 56.2 Å². The van der Waals surface area contributed by atoms with Crippen molar-refractivity contribution in [2.75, 3.05) is 26.4 Å². The maximum Gasteiger partial charge on any atom is 0.255 e. The lowest BCUT2D eigenvalue weighted by Gasteiger charge is -2.41. The van der Waals surface area contributed by atoms with Crippen LogP contribution >= 0.6 is 0 Å². The minimum atomic E-state index is -2.60. The van der Waals surface area contributed by atoms with Gasteiger partial charge in [-0.15, -0.1) is 0 Å². The molecule has 4 atom stereocenters. The molecule has 2 aliphatic carbocycles. The minimum Gasteiger partial charge on any atom is -0.378 e. The molecule has 1 unspecified atom stereocenters. The number of amides is 2. The predicted molar refractivity (Wildman–Crippen MR) is 119 cm³/mol. The van der Waals surface area contributed by atoms with Crippen molar-refractivity contribution >= 4 is 11.8 Å². The van der Waals surface area contributed by atoms with Gasteiger partial charge in [-0.05, 0) is 49.5 Å². The number of morpholine rings is 1. The molecule has 1 aliphatic heterocycles. The number of hydrogen-bond acceptors (Lipinski definition) is 4. The molecule has 1 saturated heterocycles. The molecule has 182 valence electrons. The van der Waals surface area contributed by atoms with E-state index in [1.165, 1.54) is 5.56 Å². The third-order valence-electron chi connectivity index (χ3n) is 7.61. The second-order valence-electron chi connectivity index (χ2n) is 9.86. The molecule has 0 radical (unpaired) electrons. The van der Waals surface area contributed by atoms with Gasteiger partial charge in [-0.25, -0.2) is 8.78 Å². The summed E-state index contributed by atoms with van der Waals surface area (Å²) in [5, 5.41) is 5.45. The zero-order valence-corrected chi connectivity index (χ0v) is 19.1. The van der Waals surface area contributed by atoms with E-state index in [1.54, 1.807) is 0 Å². The Morgan fingerprint density at radius 3 is 2.64 bits per heavy atom. The Hall–Kier alpha value is -2.06. The van der Waals surface area contributed by atoms with Crippen LogP contribution in [0.15, 0.2) is 30.3 Å². The van der Waals surface area contributed by atoms with E-state index in [1.807, 2.05) is 13.0 Å². The second kappa shape index (κ2) is 10.5. The number of carbonyl (C=O) groups excluding carboxylic acids is 2. The topological polar surface area (TPSA) is 76.7 Å². The van der Waals surface area contributed by atoms with Gasteiger partial charge in [0.25, 0.3) is 6.43 Å². The van der Waals surface area contributed by atoms with Crippen LogP contribution in [0.1, 0.15) is 50.5 Å². The van der Waals surface area contributed by atoms with Gasteiger partial charge < -0.3 is 20.1 Å². The van der Waals surface area contributed by atoms with Crippen LogP contribution in [0, 0.1) is 17.8 Å². The predicted octanol–water partition coefficient (Wildman–Crippen LogP) is 3.27. The molecular formula is C25H34F2N2O4. The average molecular weight is 465 g/mol. The first-order valence-electron chi connectivity index (χ1n) is 12.0. The van der Waals surface area contributed by atoms with E-state index < -0.39 is 30.3 Å². The van der Waals surface area contributed by atoms with Crippen LogP contribution < -0.4 is 10.6 Å². The summed E-state index contributed by atoms with van der Waals surface area (Å²) in [6, 6.07) is 10.5. The van der Waals surface area contributed by atoms with Crippen molar-refractivity contribution in [1.82, 2.24) is 10.6 Å². The van der Waals surface area contributed by atoms with E-state index in [0.29, 0.717) is 25.6 Å². The van der Waals surface area contributed by atoms with E-state index in [2.05, 4.69) is 34.9 Å². The van der Waals surface area contributed by atoms with Crippen molar-refractivity contribution < 1.29 is 27.8 Å². The number of hydrogen-bond donors (Lipinski definition) is 2. The van der Waals surface area contributed by atoms with Gasteiger partial charge in [0.1, 0.15) is 6.61 Å². The highest BCUT2D eigenvalue weighted by atomic mass is 19.3. The van der Waals surface area contributed by atoms with E-state index in [-0.39, 0.29) is 30.5 Å². The molecule has 0 bridgehead atoms. The van der Waals surface area contributed by atoms with Gasteiger partial charge in [-0.3, -0.25) is 9.59 Å². The van der Waals surface area contributed by atoms with Gasteiger partial charge in [-0.1, -0.05) is 37.3 Å². The summed E-state index contributed by atoms with van der Waals surface area (Å²) in [6.07, 6.45) is 1.98. The Morgan fingerprint density at radius 1 is 1.24 bits per heavy atom. The van der Waals surface area contributed by atoms with Gasteiger partial charge in [0, 0.05) is 11.8 Å². The zero-order valence-electron chi connectivity index (χ0n) is 19.1. The molecule has 0 aromatic heterocycles. The van der Waals surface area contributed by atoms with Gasteiger partial charge in [0.2, 0.25) is 11.8 Å². The fraction of sp³-hybridized carbons (Fsp3) is 0.680. The number of ether oxygens (including phenoxy) is 2. The second-order valence-corrected chi connectivity index (χ2v) is 9.86. The van der Waals surface area contributed by atoms with Crippen LogP contribution in [0.25, 0.3) is 0 Å². The number of alkyl halides is 2. The van der Waals surface area contributed by atoms with Gasteiger partial charge >= 0.3 is 0 Å². The highest BCUT2D eigenvalue weighted by molar-refractivity contribution is 5.82. The van der Waals surface area contributed by atoms with Crippen LogP contribution in [0.5, 0.6) is 0 Å². The van der Waals surface area contributed by atoms with E-state index in [9.17, 15) is 18.4 Å². The number of nitrogens with one attached hydrogen (secondary N) is 2. The summed E-state index contributed by atoms with van der Waals surface area (Å²) in [5.74, 6) is -1.03. The van der Waals surface area contributed by atoms with Crippen LogP contribution in [0.4, 0.5) is 8.78 Å². The summed E-state index contributed by atoms with van der Waals surface area (Å²) < 4.78 is 37.3. The van der Waals surface area contributed by atoms with Gasteiger partial charge in [0.15, 0.2) is 0 Å². The van der Waals surface area contributed by atoms with Crippen molar-refractivity contribution in [2.45, 2.75) is 63.0 Å². The summed E-state index contributed by atoms with van der Waals surface area (Å²) >= 11 is 0.